The Hall–Kier alpha value is -6.11. The summed E-state index contributed by atoms with van der Waals surface area (Å²) in [5, 5.41) is 18.3. The maximum atomic E-state index is 13.7. The van der Waals surface area contributed by atoms with Crippen LogP contribution in [0.5, 0.6) is 0 Å². The van der Waals surface area contributed by atoms with Crippen LogP contribution in [-0.4, -0.2) is 104 Å². The Morgan fingerprint density at radius 2 is 1.29 bits per heavy atom. The van der Waals surface area contributed by atoms with E-state index in [4.69, 9.17) is 28.1 Å². The van der Waals surface area contributed by atoms with E-state index in [-0.39, 0.29) is 42.9 Å². The molecule has 1 saturated heterocycles. The summed E-state index contributed by atoms with van der Waals surface area (Å²) in [7, 11) is -2.28. The number of rotatable bonds is 18. The molecule has 1 aliphatic carbocycles. The van der Waals surface area contributed by atoms with Crippen LogP contribution in [0, 0.1) is 5.92 Å². The average Bonchev–Trinajstić information content (AvgIpc) is 3.57. The van der Waals surface area contributed by atoms with E-state index < -0.39 is 92.7 Å². The third-order valence-electron chi connectivity index (χ3n) is 12.7. The second kappa shape index (κ2) is 22.3. The van der Waals surface area contributed by atoms with Crippen molar-refractivity contribution < 1.29 is 66.8 Å². The highest BCUT2D eigenvalue weighted by Crippen LogP contribution is 2.44. The number of alkyl carbamates (subject to hydrolysis) is 1. The minimum atomic E-state index is -2.28. The van der Waals surface area contributed by atoms with Crippen LogP contribution in [0.2, 0.25) is 18.1 Å². The lowest BCUT2D eigenvalue weighted by Crippen LogP contribution is -2.63. The zero-order valence-electron chi connectivity index (χ0n) is 40.6. The van der Waals surface area contributed by atoms with Gasteiger partial charge in [0.1, 0.15) is 18.7 Å². The Morgan fingerprint density at radius 1 is 0.735 bits per heavy atom. The predicted molar refractivity (Wildman–Crippen MR) is 253 cm³/mol. The summed E-state index contributed by atoms with van der Waals surface area (Å²) in [6, 6.07) is 19.0. The first-order valence-corrected chi connectivity index (χ1v) is 25.7. The SMILES string of the molecule is CC(=O)OC1C(CCc2cc(NC(=O)C(C)NC(=O)C(NC(=O)OCC3c4ccccc4-c4ccccc43)C(C)C)ccc2CO[Si](C)(C)C(C)(C)C)OC(C(=O)O)C(OC(C)=O)C1OC(C)=O. The fourth-order valence-corrected chi connectivity index (χ4v) is 9.05. The first kappa shape index (κ1) is 52.9. The van der Waals surface area contributed by atoms with Crippen molar-refractivity contribution in [2.24, 2.45) is 5.92 Å². The monoisotopic (exact) mass is 959 g/mol. The van der Waals surface area contributed by atoms with Gasteiger partial charge in [-0.2, -0.15) is 0 Å². The second-order valence-corrected chi connectivity index (χ2v) is 23.9. The standard InChI is InChI=1S/C50H65N3O14Si/c1-27(2)41(53-49(61)62-26-39-37-18-14-12-16-35(37)36-17-13-15-19-38(36)39)47(58)51-28(3)46(57)52-34-22-20-33(25-63-68(10,11)50(7,8)9)32(24-34)21-23-40-42(64-29(4)54)43(65-30(5)55)44(66-31(6)56)45(67-40)48(59)60/h12-20,22,24,27-28,39-45H,21,23,25-26H2,1-11H3,(H,51,58)(H,52,57)(H,53,61)(H,59,60). The summed E-state index contributed by atoms with van der Waals surface area (Å²) in [5.74, 6) is -5.68. The fourth-order valence-electron chi connectivity index (χ4n) is 8.10. The van der Waals surface area contributed by atoms with E-state index in [0.29, 0.717) is 11.3 Å². The molecule has 5 rings (SSSR count). The first-order chi connectivity index (χ1) is 31.9. The van der Waals surface area contributed by atoms with Crippen LogP contribution in [-0.2, 0) is 69.9 Å². The lowest BCUT2D eigenvalue weighted by atomic mass is 9.90. The molecule has 3 aromatic carbocycles. The zero-order valence-corrected chi connectivity index (χ0v) is 41.6. The van der Waals surface area contributed by atoms with E-state index in [1.165, 1.54) is 6.92 Å². The number of aliphatic carboxylic acids is 1. The molecule has 3 aromatic rings. The van der Waals surface area contributed by atoms with Crippen molar-refractivity contribution in [2.75, 3.05) is 11.9 Å². The lowest BCUT2D eigenvalue weighted by molar-refractivity contribution is -0.248. The molecular formula is C50H65N3O14Si. The van der Waals surface area contributed by atoms with Gasteiger partial charge in [-0.3, -0.25) is 24.0 Å². The number of carboxylic acids is 1. The number of hydrogen-bond acceptors (Lipinski definition) is 13. The van der Waals surface area contributed by atoms with Crippen LogP contribution >= 0.6 is 0 Å². The van der Waals surface area contributed by atoms with E-state index in [0.717, 1.165) is 48.6 Å². The van der Waals surface area contributed by atoms with Crippen molar-refractivity contribution in [3.63, 3.8) is 0 Å². The molecule has 7 atom stereocenters. The van der Waals surface area contributed by atoms with Crippen molar-refractivity contribution in [1.29, 1.82) is 0 Å². The van der Waals surface area contributed by atoms with Gasteiger partial charge < -0.3 is 49.2 Å². The van der Waals surface area contributed by atoms with Gasteiger partial charge in [0.05, 0.1) is 12.7 Å². The lowest BCUT2D eigenvalue weighted by Gasteiger charge is -2.43. The molecule has 0 aromatic heterocycles. The predicted octanol–water partition coefficient (Wildman–Crippen LogP) is 6.79. The summed E-state index contributed by atoms with van der Waals surface area (Å²) in [6.07, 6.45) is -8.09. The number of hydrogen-bond donors (Lipinski definition) is 4. The Labute approximate surface area is 398 Å². The van der Waals surface area contributed by atoms with Crippen LogP contribution in [0.1, 0.15) is 96.9 Å². The van der Waals surface area contributed by atoms with Gasteiger partial charge in [0.25, 0.3) is 0 Å². The molecule has 4 N–H and O–H groups in total. The number of esters is 3. The van der Waals surface area contributed by atoms with Gasteiger partial charge in [-0.15, -0.1) is 0 Å². The molecule has 368 valence electrons. The number of carbonyl (C=O) groups excluding carboxylic acids is 6. The van der Waals surface area contributed by atoms with Gasteiger partial charge in [0.15, 0.2) is 32.7 Å². The van der Waals surface area contributed by atoms with Crippen molar-refractivity contribution >= 4 is 55.8 Å². The summed E-state index contributed by atoms with van der Waals surface area (Å²) < 4.78 is 34.6. The molecule has 68 heavy (non-hydrogen) atoms. The molecule has 0 spiro atoms. The summed E-state index contributed by atoms with van der Waals surface area (Å²) >= 11 is 0. The number of anilines is 1. The Bertz CT molecular complexity index is 2320. The minimum Gasteiger partial charge on any atom is -0.479 e. The van der Waals surface area contributed by atoms with Gasteiger partial charge in [0, 0.05) is 32.4 Å². The van der Waals surface area contributed by atoms with E-state index >= 15 is 0 Å². The Balaban J connectivity index is 1.31. The highest BCUT2D eigenvalue weighted by molar-refractivity contribution is 6.74. The van der Waals surface area contributed by atoms with Crippen molar-refractivity contribution in [1.82, 2.24) is 10.6 Å². The van der Waals surface area contributed by atoms with Crippen LogP contribution in [0.3, 0.4) is 0 Å². The normalized spacial score (nSPS) is 19.9. The van der Waals surface area contributed by atoms with Crippen molar-refractivity contribution in [3.05, 3.63) is 89.0 Å². The highest BCUT2D eigenvalue weighted by Gasteiger charge is 2.54. The quantitative estimate of drug-likeness (QED) is 0.0584. The third kappa shape index (κ3) is 13.1. The summed E-state index contributed by atoms with van der Waals surface area (Å²) in [5.41, 5.74) is 6.02. The molecular weight excluding hydrogens is 895 g/mol. The Morgan fingerprint density at radius 3 is 1.84 bits per heavy atom. The average molecular weight is 960 g/mol. The first-order valence-electron chi connectivity index (χ1n) is 22.8. The van der Waals surface area contributed by atoms with E-state index in [9.17, 15) is 38.7 Å². The van der Waals surface area contributed by atoms with E-state index in [1.54, 1.807) is 32.0 Å². The largest absolute Gasteiger partial charge is 0.479 e. The highest BCUT2D eigenvalue weighted by atomic mass is 28.4. The molecule has 17 nitrogen and oxygen atoms in total. The number of fused-ring (bicyclic) bond motifs is 3. The smallest absolute Gasteiger partial charge is 0.407 e. The number of aryl methyl sites for hydroxylation is 1. The molecule has 1 fully saturated rings. The number of amides is 3. The van der Waals surface area contributed by atoms with Crippen molar-refractivity contribution in [2.45, 2.75) is 148 Å². The summed E-state index contributed by atoms with van der Waals surface area (Å²) in [4.78, 5) is 89.8. The number of carbonyl (C=O) groups is 7. The minimum absolute atomic E-state index is 0.0104. The van der Waals surface area contributed by atoms with E-state index in [2.05, 4.69) is 49.8 Å². The molecule has 1 aliphatic heterocycles. The fraction of sp³-hybridized carbons (Fsp3) is 0.500. The van der Waals surface area contributed by atoms with Crippen LogP contribution in [0.15, 0.2) is 66.7 Å². The maximum absolute atomic E-state index is 13.7. The number of carboxylic acid groups (broad SMARTS) is 1. The van der Waals surface area contributed by atoms with Crippen LogP contribution in [0.25, 0.3) is 11.1 Å². The van der Waals surface area contributed by atoms with Crippen LogP contribution in [0.4, 0.5) is 10.5 Å². The summed E-state index contributed by atoms with van der Waals surface area (Å²) in [6.45, 7) is 19.1. The molecule has 7 unspecified atom stereocenters. The topological polar surface area (TPSA) is 231 Å². The molecule has 3 amide bonds. The Kier molecular flexibility index (Phi) is 17.4. The van der Waals surface area contributed by atoms with Gasteiger partial charge >= 0.3 is 30.0 Å². The van der Waals surface area contributed by atoms with Gasteiger partial charge in [-0.1, -0.05) is 89.2 Å². The molecule has 1 heterocycles. The second-order valence-electron chi connectivity index (χ2n) is 19.1. The molecule has 18 heteroatoms. The van der Waals surface area contributed by atoms with Gasteiger partial charge in [0.2, 0.25) is 11.8 Å². The molecule has 0 bridgehead atoms. The maximum Gasteiger partial charge on any atom is 0.407 e. The van der Waals surface area contributed by atoms with E-state index in [1.807, 2.05) is 48.5 Å². The van der Waals surface area contributed by atoms with Crippen LogP contribution < -0.4 is 16.0 Å². The number of ether oxygens (including phenoxy) is 5. The molecule has 0 saturated carbocycles. The number of nitrogens with one attached hydrogen (secondary N) is 3. The van der Waals surface area contributed by atoms with Crippen molar-refractivity contribution in [3.8, 4) is 11.1 Å². The molecule has 2 aliphatic rings. The zero-order chi connectivity index (χ0) is 50.2. The van der Waals surface area contributed by atoms with Gasteiger partial charge in [-0.05, 0) is 89.3 Å². The number of benzene rings is 3. The third-order valence-corrected chi connectivity index (χ3v) is 17.1. The molecule has 0 radical (unpaired) electrons. The van der Waals surface area contributed by atoms with Gasteiger partial charge in [-0.25, -0.2) is 9.59 Å².